The molecule has 0 radical (unpaired) electrons. The highest BCUT2D eigenvalue weighted by atomic mass is 35.5. The van der Waals surface area contributed by atoms with Gasteiger partial charge in [-0.25, -0.2) is 4.98 Å². The molecule has 0 fully saturated rings. The van der Waals surface area contributed by atoms with Crippen LogP contribution in [-0.2, 0) is 0 Å². The van der Waals surface area contributed by atoms with Crippen molar-refractivity contribution < 1.29 is 9.47 Å². The summed E-state index contributed by atoms with van der Waals surface area (Å²) in [5.74, 6) is 1.53. The predicted molar refractivity (Wildman–Crippen MR) is 71.8 cm³/mol. The Morgan fingerprint density at radius 1 is 1.16 bits per heavy atom. The smallest absolute Gasteiger partial charge is 0.231 e. The highest BCUT2D eigenvalue weighted by Gasteiger charge is 2.15. The molecule has 0 N–H and O–H groups in total. The molecule has 0 atom stereocenters. The topological polar surface area (TPSA) is 35.8 Å². The lowest BCUT2D eigenvalue weighted by Gasteiger charge is -2.03. The quantitative estimate of drug-likeness (QED) is 0.681. The fourth-order valence-corrected chi connectivity index (χ4v) is 2.46. The third-order valence-electron chi connectivity index (χ3n) is 3.16. The summed E-state index contributed by atoms with van der Waals surface area (Å²) in [6.07, 6.45) is 3.74. The molecule has 0 bridgehead atoms. The van der Waals surface area contributed by atoms with Crippen molar-refractivity contribution in [2.75, 3.05) is 6.79 Å². The van der Waals surface area contributed by atoms with Crippen molar-refractivity contribution in [3.05, 3.63) is 47.7 Å². The second-order valence-electron chi connectivity index (χ2n) is 4.26. The van der Waals surface area contributed by atoms with Crippen molar-refractivity contribution in [1.82, 2.24) is 9.38 Å². The number of pyridine rings is 1. The van der Waals surface area contributed by atoms with E-state index in [4.69, 9.17) is 21.1 Å². The Kier molecular flexibility index (Phi) is 2.19. The van der Waals surface area contributed by atoms with Crippen molar-refractivity contribution in [3.63, 3.8) is 0 Å². The molecule has 19 heavy (non-hydrogen) atoms. The standard InChI is InChI=1S/C14H9ClN2O2/c15-10-2-1-5-17-11(7-16-14(10)17)9-3-4-12-13(6-9)19-8-18-12/h1-7H,8H2. The molecule has 3 aromatic rings. The van der Waals surface area contributed by atoms with E-state index in [9.17, 15) is 0 Å². The zero-order valence-electron chi connectivity index (χ0n) is 9.84. The SMILES string of the molecule is Clc1cccn2c(-c3ccc4c(c3)OCO4)cnc12. The summed E-state index contributed by atoms with van der Waals surface area (Å²) in [6, 6.07) is 9.56. The van der Waals surface area contributed by atoms with Crippen LogP contribution in [0.3, 0.4) is 0 Å². The number of imidazole rings is 1. The number of benzene rings is 1. The van der Waals surface area contributed by atoms with Crippen LogP contribution >= 0.6 is 11.6 Å². The second kappa shape index (κ2) is 3.90. The molecule has 1 aromatic carbocycles. The molecule has 4 rings (SSSR count). The maximum absolute atomic E-state index is 6.12. The van der Waals surface area contributed by atoms with Crippen LogP contribution in [0.4, 0.5) is 0 Å². The number of nitrogens with zero attached hydrogens (tertiary/aromatic N) is 2. The molecule has 5 heteroatoms. The lowest BCUT2D eigenvalue weighted by Crippen LogP contribution is -1.92. The normalized spacial score (nSPS) is 13.1. The monoisotopic (exact) mass is 272 g/mol. The van der Waals surface area contributed by atoms with E-state index in [1.807, 2.05) is 40.9 Å². The molecular weight excluding hydrogens is 264 g/mol. The third-order valence-corrected chi connectivity index (χ3v) is 3.45. The van der Waals surface area contributed by atoms with Gasteiger partial charge in [-0.1, -0.05) is 11.6 Å². The number of ether oxygens (including phenoxy) is 2. The van der Waals surface area contributed by atoms with E-state index in [2.05, 4.69) is 4.98 Å². The lowest BCUT2D eigenvalue weighted by atomic mass is 10.1. The summed E-state index contributed by atoms with van der Waals surface area (Å²) in [6.45, 7) is 0.276. The highest BCUT2D eigenvalue weighted by Crippen LogP contribution is 2.36. The predicted octanol–water partition coefficient (Wildman–Crippen LogP) is 3.38. The number of fused-ring (bicyclic) bond motifs is 2. The van der Waals surface area contributed by atoms with Gasteiger partial charge in [0.15, 0.2) is 17.1 Å². The summed E-state index contributed by atoms with van der Waals surface area (Å²) in [5.41, 5.74) is 2.73. The van der Waals surface area contributed by atoms with Crippen molar-refractivity contribution in [2.45, 2.75) is 0 Å². The fourth-order valence-electron chi connectivity index (χ4n) is 2.25. The average molecular weight is 273 g/mol. The summed E-state index contributed by atoms with van der Waals surface area (Å²) >= 11 is 6.12. The molecule has 0 saturated carbocycles. The van der Waals surface area contributed by atoms with Gasteiger partial charge < -0.3 is 9.47 Å². The first-order valence-electron chi connectivity index (χ1n) is 5.84. The molecule has 1 aliphatic rings. The maximum Gasteiger partial charge on any atom is 0.231 e. The lowest BCUT2D eigenvalue weighted by molar-refractivity contribution is 0.174. The van der Waals surface area contributed by atoms with Gasteiger partial charge in [0.25, 0.3) is 0 Å². The molecule has 3 heterocycles. The van der Waals surface area contributed by atoms with E-state index in [0.29, 0.717) is 5.02 Å². The van der Waals surface area contributed by atoms with E-state index in [1.165, 1.54) is 0 Å². The molecule has 4 nitrogen and oxygen atoms in total. The molecule has 0 unspecified atom stereocenters. The Balaban J connectivity index is 1.93. The highest BCUT2D eigenvalue weighted by molar-refractivity contribution is 6.33. The van der Waals surface area contributed by atoms with Crippen LogP contribution in [-0.4, -0.2) is 16.2 Å². The number of aromatic nitrogens is 2. The largest absolute Gasteiger partial charge is 0.454 e. The second-order valence-corrected chi connectivity index (χ2v) is 4.67. The first-order chi connectivity index (χ1) is 9.33. The van der Waals surface area contributed by atoms with Crippen LogP contribution in [0.15, 0.2) is 42.7 Å². The molecule has 0 aliphatic carbocycles. The van der Waals surface area contributed by atoms with E-state index in [-0.39, 0.29) is 6.79 Å². The summed E-state index contributed by atoms with van der Waals surface area (Å²) in [4.78, 5) is 4.35. The summed E-state index contributed by atoms with van der Waals surface area (Å²) < 4.78 is 12.7. The van der Waals surface area contributed by atoms with Crippen LogP contribution in [0.2, 0.25) is 5.02 Å². The van der Waals surface area contributed by atoms with Crippen LogP contribution in [0.5, 0.6) is 11.5 Å². The van der Waals surface area contributed by atoms with Crippen molar-refractivity contribution in [3.8, 4) is 22.8 Å². The molecule has 0 saturated heterocycles. The molecule has 94 valence electrons. The van der Waals surface area contributed by atoms with Crippen LogP contribution in [0.25, 0.3) is 16.9 Å². The van der Waals surface area contributed by atoms with Gasteiger partial charge in [0.2, 0.25) is 6.79 Å². The van der Waals surface area contributed by atoms with Crippen LogP contribution in [0, 0.1) is 0 Å². The van der Waals surface area contributed by atoms with Gasteiger partial charge >= 0.3 is 0 Å². The van der Waals surface area contributed by atoms with Crippen LogP contribution < -0.4 is 9.47 Å². The summed E-state index contributed by atoms with van der Waals surface area (Å²) in [7, 11) is 0. The summed E-state index contributed by atoms with van der Waals surface area (Å²) in [5, 5.41) is 0.634. The maximum atomic E-state index is 6.12. The van der Waals surface area contributed by atoms with Gasteiger partial charge in [-0.05, 0) is 30.3 Å². The Morgan fingerprint density at radius 2 is 2.05 bits per heavy atom. The average Bonchev–Trinajstić information content (AvgIpc) is 3.04. The number of halogens is 1. The van der Waals surface area contributed by atoms with Gasteiger partial charge in [0, 0.05) is 11.8 Å². The Morgan fingerprint density at radius 3 is 3.00 bits per heavy atom. The number of rotatable bonds is 1. The molecule has 2 aromatic heterocycles. The first-order valence-corrected chi connectivity index (χ1v) is 6.22. The van der Waals surface area contributed by atoms with Crippen molar-refractivity contribution in [1.29, 1.82) is 0 Å². The first kappa shape index (κ1) is 10.7. The molecule has 1 aliphatic heterocycles. The third kappa shape index (κ3) is 1.57. The molecule has 0 amide bonds. The van der Waals surface area contributed by atoms with Crippen LogP contribution in [0.1, 0.15) is 0 Å². The van der Waals surface area contributed by atoms with Gasteiger partial charge in [-0.2, -0.15) is 0 Å². The number of hydrogen-bond donors (Lipinski definition) is 0. The zero-order valence-corrected chi connectivity index (χ0v) is 10.6. The van der Waals surface area contributed by atoms with Crippen molar-refractivity contribution >= 4 is 17.2 Å². The zero-order chi connectivity index (χ0) is 12.8. The van der Waals surface area contributed by atoms with Gasteiger partial charge in [-0.3, -0.25) is 4.40 Å². The minimum Gasteiger partial charge on any atom is -0.454 e. The van der Waals surface area contributed by atoms with E-state index >= 15 is 0 Å². The van der Waals surface area contributed by atoms with Gasteiger partial charge in [0.1, 0.15) is 0 Å². The Hall–Kier alpha value is -2.20. The Labute approximate surface area is 114 Å². The minimum atomic E-state index is 0.276. The van der Waals surface area contributed by atoms with Gasteiger partial charge in [-0.15, -0.1) is 0 Å². The fraction of sp³-hybridized carbons (Fsp3) is 0.0714. The molecule has 0 spiro atoms. The molecular formula is C14H9ClN2O2. The van der Waals surface area contributed by atoms with Crippen molar-refractivity contribution in [2.24, 2.45) is 0 Å². The van der Waals surface area contributed by atoms with Gasteiger partial charge in [0.05, 0.1) is 16.9 Å². The van der Waals surface area contributed by atoms with E-state index < -0.39 is 0 Å². The van der Waals surface area contributed by atoms with E-state index in [0.717, 1.165) is 28.4 Å². The number of hydrogen-bond acceptors (Lipinski definition) is 3. The minimum absolute atomic E-state index is 0.276. The Bertz CT molecular complexity index is 782. The van der Waals surface area contributed by atoms with E-state index in [1.54, 1.807) is 6.20 Å².